The summed E-state index contributed by atoms with van der Waals surface area (Å²) in [6.45, 7) is 5.86. The van der Waals surface area contributed by atoms with E-state index in [9.17, 15) is 21.6 Å². The Kier molecular flexibility index (Phi) is 5.93. The molecule has 1 aliphatic heterocycles. The second kappa shape index (κ2) is 7.41. The molecule has 0 aliphatic carbocycles. The molecule has 0 radical (unpaired) electrons. The average Bonchev–Trinajstić information content (AvgIpc) is 3.00. The summed E-state index contributed by atoms with van der Waals surface area (Å²) in [6, 6.07) is 4.23. The van der Waals surface area contributed by atoms with E-state index in [1.807, 2.05) is 13.8 Å². The lowest BCUT2D eigenvalue weighted by Crippen LogP contribution is -2.45. The van der Waals surface area contributed by atoms with Gasteiger partial charge in [-0.15, -0.1) is 0 Å². The highest BCUT2D eigenvalue weighted by atomic mass is 32.2. The quantitative estimate of drug-likeness (QED) is 0.844. The van der Waals surface area contributed by atoms with E-state index >= 15 is 0 Å². The zero-order valence-electron chi connectivity index (χ0n) is 13.8. The first-order valence-corrected chi connectivity index (χ1v) is 9.51. The number of sulfonamides is 1. The highest BCUT2D eigenvalue weighted by Gasteiger charge is 2.37. The molecule has 1 aromatic rings. The van der Waals surface area contributed by atoms with Gasteiger partial charge in [-0.25, -0.2) is 13.1 Å². The van der Waals surface area contributed by atoms with Gasteiger partial charge in [0.25, 0.3) is 0 Å². The second-order valence-corrected chi connectivity index (χ2v) is 8.14. The minimum Gasteiger partial charge on any atom is -0.299 e. The number of likely N-dealkylation sites (tertiary alicyclic amines) is 1. The van der Waals surface area contributed by atoms with E-state index < -0.39 is 26.7 Å². The first kappa shape index (κ1) is 19.2. The van der Waals surface area contributed by atoms with Crippen molar-refractivity contribution in [1.29, 1.82) is 0 Å². The van der Waals surface area contributed by atoms with Crippen LogP contribution in [-0.4, -0.2) is 39.0 Å². The number of nitrogens with zero attached hydrogens (tertiary/aromatic N) is 1. The van der Waals surface area contributed by atoms with Gasteiger partial charge in [-0.05, 0) is 44.0 Å². The van der Waals surface area contributed by atoms with Gasteiger partial charge in [-0.2, -0.15) is 13.2 Å². The summed E-state index contributed by atoms with van der Waals surface area (Å²) in [5, 5.41) is 0. The van der Waals surface area contributed by atoms with Crippen molar-refractivity contribution in [3.8, 4) is 0 Å². The molecule has 0 amide bonds. The number of hydrogen-bond acceptors (Lipinski definition) is 3. The normalized spacial score (nSPS) is 18.2. The van der Waals surface area contributed by atoms with E-state index in [1.165, 1.54) is 12.1 Å². The molecule has 1 fully saturated rings. The summed E-state index contributed by atoms with van der Waals surface area (Å²) < 4.78 is 66.4. The first-order valence-electron chi connectivity index (χ1n) is 8.03. The van der Waals surface area contributed by atoms with Crippen LogP contribution in [-0.2, 0) is 16.2 Å². The van der Waals surface area contributed by atoms with Crippen molar-refractivity contribution in [3.63, 3.8) is 0 Å². The zero-order chi connectivity index (χ0) is 18.0. The van der Waals surface area contributed by atoms with Crippen LogP contribution in [0.3, 0.4) is 0 Å². The summed E-state index contributed by atoms with van der Waals surface area (Å²) in [5.41, 5.74) is -1.14. The van der Waals surface area contributed by atoms with E-state index in [4.69, 9.17) is 0 Å². The number of hydrogen-bond donors (Lipinski definition) is 1. The molecular formula is C16H23F3N2O2S. The smallest absolute Gasteiger partial charge is 0.299 e. The third-order valence-corrected chi connectivity index (χ3v) is 5.83. The topological polar surface area (TPSA) is 49.4 Å². The fourth-order valence-corrected chi connectivity index (χ4v) is 4.34. The molecule has 0 bridgehead atoms. The largest absolute Gasteiger partial charge is 0.417 e. The zero-order valence-corrected chi connectivity index (χ0v) is 14.6. The Bertz CT molecular complexity index is 654. The third kappa shape index (κ3) is 4.49. The van der Waals surface area contributed by atoms with Crippen LogP contribution in [0.4, 0.5) is 13.2 Å². The molecule has 136 valence electrons. The number of alkyl halides is 3. The molecule has 1 aliphatic rings. The minimum absolute atomic E-state index is 0.0275. The van der Waals surface area contributed by atoms with Gasteiger partial charge in [0.05, 0.1) is 10.5 Å². The van der Waals surface area contributed by atoms with Crippen molar-refractivity contribution in [3.05, 3.63) is 29.8 Å². The van der Waals surface area contributed by atoms with Gasteiger partial charge in [0.2, 0.25) is 10.0 Å². The number of rotatable bonds is 6. The Morgan fingerprint density at radius 3 is 2.29 bits per heavy atom. The van der Waals surface area contributed by atoms with Crippen molar-refractivity contribution in [2.45, 2.75) is 43.8 Å². The molecule has 0 aromatic heterocycles. The monoisotopic (exact) mass is 364 g/mol. The molecule has 4 nitrogen and oxygen atoms in total. The maximum atomic E-state index is 13.1. The van der Waals surface area contributed by atoms with Crippen molar-refractivity contribution in [2.75, 3.05) is 19.6 Å². The molecule has 1 heterocycles. The van der Waals surface area contributed by atoms with E-state index in [2.05, 4.69) is 9.62 Å². The fourth-order valence-electron chi connectivity index (χ4n) is 3.07. The molecular weight excluding hydrogens is 341 g/mol. The minimum atomic E-state index is -4.71. The standard InChI is InChI=1S/C16H23F3N2O2S/c1-12(2)14(21-9-5-6-10-21)11-20-24(22,23)15-8-4-3-7-13(15)16(17,18)19/h3-4,7-8,12,14,20H,5-6,9-11H2,1-2H3. The molecule has 1 N–H and O–H groups in total. The maximum absolute atomic E-state index is 13.1. The molecule has 24 heavy (non-hydrogen) atoms. The second-order valence-electron chi connectivity index (χ2n) is 6.40. The molecule has 2 rings (SSSR count). The molecule has 0 saturated carbocycles. The maximum Gasteiger partial charge on any atom is 0.417 e. The van der Waals surface area contributed by atoms with Crippen LogP contribution >= 0.6 is 0 Å². The lowest BCUT2D eigenvalue weighted by atomic mass is 10.0. The van der Waals surface area contributed by atoms with Crippen LogP contribution in [0, 0.1) is 5.92 Å². The third-order valence-electron chi connectivity index (χ3n) is 4.34. The summed E-state index contributed by atoms with van der Waals surface area (Å²) in [7, 11) is -4.23. The van der Waals surface area contributed by atoms with E-state index in [0.29, 0.717) is 0 Å². The Balaban J connectivity index is 2.19. The van der Waals surface area contributed by atoms with Crippen LogP contribution in [0.1, 0.15) is 32.3 Å². The van der Waals surface area contributed by atoms with Gasteiger partial charge in [-0.3, -0.25) is 4.90 Å². The van der Waals surface area contributed by atoms with Crippen molar-refractivity contribution in [2.24, 2.45) is 5.92 Å². The van der Waals surface area contributed by atoms with Crippen molar-refractivity contribution >= 4 is 10.0 Å². The molecule has 8 heteroatoms. The van der Waals surface area contributed by atoms with Gasteiger partial charge in [0, 0.05) is 12.6 Å². The molecule has 1 aromatic carbocycles. The lowest BCUT2D eigenvalue weighted by Gasteiger charge is -2.31. The highest BCUT2D eigenvalue weighted by molar-refractivity contribution is 7.89. The predicted octanol–water partition coefficient (Wildman–Crippen LogP) is 3.10. The molecule has 1 atom stereocenters. The summed E-state index contributed by atoms with van der Waals surface area (Å²) in [5.74, 6) is 0.198. The Morgan fingerprint density at radius 1 is 1.17 bits per heavy atom. The van der Waals surface area contributed by atoms with Gasteiger partial charge in [0.15, 0.2) is 0 Å². The van der Waals surface area contributed by atoms with E-state index in [-0.39, 0.29) is 18.5 Å². The number of halogens is 3. The summed E-state index contributed by atoms with van der Waals surface area (Å²) in [4.78, 5) is 1.48. The first-order chi connectivity index (χ1) is 11.1. The summed E-state index contributed by atoms with van der Waals surface area (Å²) in [6.07, 6.45) is -2.59. The predicted molar refractivity (Wildman–Crippen MR) is 86.1 cm³/mol. The lowest BCUT2D eigenvalue weighted by molar-refractivity contribution is -0.139. The van der Waals surface area contributed by atoms with Crippen molar-refractivity contribution < 1.29 is 21.6 Å². The average molecular weight is 364 g/mol. The fraction of sp³-hybridized carbons (Fsp3) is 0.625. The molecule has 1 saturated heterocycles. The van der Waals surface area contributed by atoms with Crippen molar-refractivity contribution in [1.82, 2.24) is 9.62 Å². The van der Waals surface area contributed by atoms with Crippen LogP contribution in [0.2, 0.25) is 0 Å². The summed E-state index contributed by atoms with van der Waals surface area (Å²) >= 11 is 0. The van der Waals surface area contributed by atoms with Crippen LogP contribution in [0.15, 0.2) is 29.2 Å². The Labute approximate surface area is 141 Å². The SMILES string of the molecule is CC(C)C(CNS(=O)(=O)c1ccccc1C(F)(F)F)N1CCCC1. The number of benzene rings is 1. The van der Waals surface area contributed by atoms with Crippen LogP contribution in [0.25, 0.3) is 0 Å². The van der Waals surface area contributed by atoms with Crippen LogP contribution in [0.5, 0.6) is 0 Å². The molecule has 0 spiro atoms. The van der Waals surface area contributed by atoms with Gasteiger partial charge < -0.3 is 0 Å². The molecule has 1 unspecified atom stereocenters. The Morgan fingerprint density at radius 2 is 1.75 bits per heavy atom. The Hall–Kier alpha value is -1.12. The van der Waals surface area contributed by atoms with Crippen LogP contribution < -0.4 is 4.72 Å². The van der Waals surface area contributed by atoms with E-state index in [0.717, 1.165) is 38.1 Å². The van der Waals surface area contributed by atoms with Gasteiger partial charge in [-0.1, -0.05) is 26.0 Å². The number of nitrogens with one attached hydrogen (secondary N) is 1. The van der Waals surface area contributed by atoms with E-state index in [1.54, 1.807) is 0 Å². The van der Waals surface area contributed by atoms with Gasteiger partial charge >= 0.3 is 6.18 Å². The van der Waals surface area contributed by atoms with Gasteiger partial charge in [0.1, 0.15) is 0 Å². The highest BCUT2D eigenvalue weighted by Crippen LogP contribution is 2.33.